The number of benzene rings is 3. The van der Waals surface area contributed by atoms with Crippen molar-refractivity contribution < 1.29 is 0 Å². The third kappa shape index (κ3) is 2.52. The van der Waals surface area contributed by atoms with Gasteiger partial charge >= 0.3 is 0 Å². The van der Waals surface area contributed by atoms with Gasteiger partial charge < -0.3 is 0 Å². The van der Waals surface area contributed by atoms with Crippen molar-refractivity contribution in [2.24, 2.45) is 0 Å². The fourth-order valence-electron chi connectivity index (χ4n) is 4.05. The molecule has 0 nitrogen and oxygen atoms in total. The Balaban J connectivity index is 1.80. The van der Waals surface area contributed by atoms with Gasteiger partial charge in [0.1, 0.15) is 0 Å². The molecule has 0 saturated carbocycles. The van der Waals surface area contributed by atoms with Gasteiger partial charge in [-0.2, -0.15) is 0 Å². The van der Waals surface area contributed by atoms with Crippen molar-refractivity contribution in [3.05, 3.63) is 83.4 Å². The average Bonchev–Trinajstić information content (AvgIpc) is 2.82. The van der Waals surface area contributed by atoms with Crippen LogP contribution in [0.2, 0.25) is 0 Å². The normalized spacial score (nSPS) is 14.9. The molecule has 0 radical (unpaired) electrons. The Morgan fingerprint density at radius 2 is 1.24 bits per heavy atom. The summed E-state index contributed by atoms with van der Waals surface area (Å²) in [6.45, 7) is 11.5. The number of hydrogen-bond acceptors (Lipinski definition) is 0. The van der Waals surface area contributed by atoms with Gasteiger partial charge in [0.15, 0.2) is 0 Å². The van der Waals surface area contributed by atoms with E-state index in [0.29, 0.717) is 0 Å². The van der Waals surface area contributed by atoms with E-state index in [1.807, 2.05) is 0 Å². The lowest BCUT2D eigenvalue weighted by atomic mass is 9.81. The molecule has 1 aliphatic rings. The van der Waals surface area contributed by atoms with E-state index in [9.17, 15) is 0 Å². The molecule has 0 heterocycles. The molecule has 0 N–H and O–H groups in total. The summed E-state index contributed by atoms with van der Waals surface area (Å²) in [7, 11) is 0. The Hall–Kier alpha value is -2.34. The summed E-state index contributed by atoms with van der Waals surface area (Å²) in [4.78, 5) is 0. The molecule has 0 aliphatic heterocycles. The first kappa shape index (κ1) is 16.1. The fourth-order valence-corrected chi connectivity index (χ4v) is 4.05. The summed E-state index contributed by atoms with van der Waals surface area (Å²) in [5.41, 5.74) is 9.88. The van der Waals surface area contributed by atoms with Crippen molar-refractivity contribution in [3.63, 3.8) is 0 Å². The van der Waals surface area contributed by atoms with Crippen molar-refractivity contribution in [1.29, 1.82) is 0 Å². The zero-order valence-electron chi connectivity index (χ0n) is 15.9. The lowest BCUT2D eigenvalue weighted by Crippen LogP contribution is -2.14. The second-order valence-electron chi connectivity index (χ2n) is 8.76. The van der Waals surface area contributed by atoms with Crippen LogP contribution in [0.3, 0.4) is 0 Å². The van der Waals surface area contributed by atoms with Crippen LogP contribution in [0.15, 0.2) is 66.7 Å². The number of fused-ring (bicyclic) bond motifs is 3. The molecule has 0 fully saturated rings. The summed E-state index contributed by atoms with van der Waals surface area (Å²) in [5, 5.41) is 0. The maximum Gasteiger partial charge on any atom is 0.0159 e. The van der Waals surface area contributed by atoms with Crippen molar-refractivity contribution in [3.8, 4) is 22.3 Å². The van der Waals surface area contributed by atoms with Crippen LogP contribution in [0.4, 0.5) is 0 Å². The third-order valence-corrected chi connectivity index (χ3v) is 5.67. The Kier molecular flexibility index (Phi) is 3.44. The van der Waals surface area contributed by atoms with Crippen LogP contribution < -0.4 is 0 Å². The van der Waals surface area contributed by atoms with Gasteiger partial charge in [-0.15, -0.1) is 0 Å². The van der Waals surface area contributed by atoms with Crippen LogP contribution in [0.5, 0.6) is 0 Å². The minimum Gasteiger partial charge on any atom is -0.0619 e. The third-order valence-electron chi connectivity index (χ3n) is 5.67. The average molecular weight is 326 g/mol. The lowest BCUT2D eigenvalue weighted by molar-refractivity contribution is 0.590. The maximum absolute atomic E-state index is 2.39. The summed E-state index contributed by atoms with van der Waals surface area (Å²) in [6, 6.07) is 24.8. The van der Waals surface area contributed by atoms with Gasteiger partial charge in [-0.3, -0.25) is 0 Å². The molecule has 1 aliphatic carbocycles. The molecule has 0 spiro atoms. The smallest absolute Gasteiger partial charge is 0.0159 e. The molecule has 0 unspecified atom stereocenters. The van der Waals surface area contributed by atoms with Crippen molar-refractivity contribution in [2.45, 2.75) is 45.4 Å². The van der Waals surface area contributed by atoms with Gasteiger partial charge in [-0.25, -0.2) is 0 Å². The van der Waals surface area contributed by atoms with Crippen molar-refractivity contribution in [1.82, 2.24) is 0 Å². The predicted molar refractivity (Wildman–Crippen MR) is 108 cm³/mol. The minimum absolute atomic E-state index is 0.0628. The number of rotatable bonds is 1. The first-order valence-electron chi connectivity index (χ1n) is 9.14. The molecule has 0 bridgehead atoms. The SMILES string of the molecule is CC(C)(C)c1ccc(-c2ccc3c(c2)C(C)(C)c2ccccc2-3)cc1. The Morgan fingerprint density at radius 1 is 0.640 bits per heavy atom. The van der Waals surface area contributed by atoms with Gasteiger partial charge in [0.05, 0.1) is 0 Å². The zero-order chi connectivity index (χ0) is 17.8. The largest absolute Gasteiger partial charge is 0.0619 e. The second kappa shape index (κ2) is 5.33. The van der Waals surface area contributed by atoms with Crippen molar-refractivity contribution in [2.75, 3.05) is 0 Å². The minimum atomic E-state index is 0.0628. The summed E-state index contributed by atoms with van der Waals surface area (Å²) in [5.74, 6) is 0. The standard InChI is InChI=1S/C25H26/c1-24(2,3)19-13-10-17(11-14-19)18-12-15-21-20-8-6-7-9-22(20)25(4,5)23(21)16-18/h6-16H,1-5H3. The van der Waals surface area contributed by atoms with Gasteiger partial charge in [0.25, 0.3) is 0 Å². The topological polar surface area (TPSA) is 0 Å². The molecule has 3 aromatic carbocycles. The van der Waals surface area contributed by atoms with E-state index in [1.165, 1.54) is 38.9 Å². The van der Waals surface area contributed by atoms with E-state index < -0.39 is 0 Å². The lowest BCUT2D eigenvalue weighted by Gasteiger charge is -2.22. The molecule has 0 atom stereocenters. The van der Waals surface area contributed by atoms with Crippen LogP contribution in [0, 0.1) is 0 Å². The van der Waals surface area contributed by atoms with E-state index in [0.717, 1.165) is 0 Å². The van der Waals surface area contributed by atoms with Gasteiger partial charge in [0, 0.05) is 5.41 Å². The molecule has 4 rings (SSSR count). The van der Waals surface area contributed by atoms with Crippen LogP contribution in [-0.2, 0) is 10.8 Å². The molecule has 0 aromatic heterocycles. The molecule has 0 amide bonds. The van der Waals surface area contributed by atoms with E-state index in [2.05, 4.69) is 101 Å². The first-order valence-corrected chi connectivity index (χ1v) is 9.14. The fraction of sp³-hybridized carbons (Fsp3) is 0.280. The maximum atomic E-state index is 2.39. The van der Waals surface area contributed by atoms with Gasteiger partial charge in [-0.1, -0.05) is 95.3 Å². The molecule has 0 saturated heterocycles. The van der Waals surface area contributed by atoms with Gasteiger partial charge in [0.2, 0.25) is 0 Å². The highest BCUT2D eigenvalue weighted by Crippen LogP contribution is 2.49. The summed E-state index contributed by atoms with van der Waals surface area (Å²) >= 11 is 0. The Labute approximate surface area is 151 Å². The highest BCUT2D eigenvalue weighted by atomic mass is 14.4. The molecule has 0 heteroatoms. The van der Waals surface area contributed by atoms with Gasteiger partial charge in [-0.05, 0) is 50.4 Å². The first-order chi connectivity index (χ1) is 11.8. The molecular formula is C25H26. The van der Waals surface area contributed by atoms with E-state index in [-0.39, 0.29) is 10.8 Å². The van der Waals surface area contributed by atoms with Crippen LogP contribution in [0.25, 0.3) is 22.3 Å². The highest BCUT2D eigenvalue weighted by Gasteiger charge is 2.35. The van der Waals surface area contributed by atoms with E-state index >= 15 is 0 Å². The number of hydrogen-bond donors (Lipinski definition) is 0. The van der Waals surface area contributed by atoms with Crippen LogP contribution >= 0.6 is 0 Å². The molecule has 3 aromatic rings. The summed E-state index contributed by atoms with van der Waals surface area (Å²) in [6.07, 6.45) is 0. The van der Waals surface area contributed by atoms with E-state index in [1.54, 1.807) is 0 Å². The molecule has 25 heavy (non-hydrogen) atoms. The van der Waals surface area contributed by atoms with Crippen molar-refractivity contribution >= 4 is 0 Å². The predicted octanol–water partition coefficient (Wildman–Crippen LogP) is 6.96. The second-order valence-corrected chi connectivity index (χ2v) is 8.76. The molecule has 126 valence electrons. The summed E-state index contributed by atoms with van der Waals surface area (Å²) < 4.78 is 0. The monoisotopic (exact) mass is 326 g/mol. The Morgan fingerprint density at radius 3 is 1.92 bits per heavy atom. The zero-order valence-corrected chi connectivity index (χ0v) is 15.9. The van der Waals surface area contributed by atoms with Crippen LogP contribution in [0.1, 0.15) is 51.3 Å². The van der Waals surface area contributed by atoms with E-state index in [4.69, 9.17) is 0 Å². The quantitative estimate of drug-likeness (QED) is 0.453. The highest BCUT2D eigenvalue weighted by molar-refractivity contribution is 5.83. The Bertz CT molecular complexity index is 935. The molecular weight excluding hydrogens is 300 g/mol. The van der Waals surface area contributed by atoms with Crippen LogP contribution in [-0.4, -0.2) is 0 Å².